The van der Waals surface area contributed by atoms with Crippen LogP contribution in [0.3, 0.4) is 0 Å². The van der Waals surface area contributed by atoms with Gasteiger partial charge in [0.05, 0.1) is 10.0 Å². The summed E-state index contributed by atoms with van der Waals surface area (Å²) in [4.78, 5) is 5.01. The molecule has 0 amide bonds. The van der Waals surface area contributed by atoms with Crippen LogP contribution in [0.4, 0.5) is 5.69 Å². The Balaban J connectivity index is 1.83. The van der Waals surface area contributed by atoms with E-state index < -0.39 is 0 Å². The predicted molar refractivity (Wildman–Crippen MR) is 127 cm³/mol. The second-order valence-electron chi connectivity index (χ2n) is 7.86. The average molecular weight is 434 g/mol. The number of nitrogens with one attached hydrogen (secondary N) is 1. The van der Waals surface area contributed by atoms with Gasteiger partial charge < -0.3 is 10.2 Å². The highest BCUT2D eigenvalue weighted by Crippen LogP contribution is 2.30. The molecular weight excluding hydrogens is 401 g/mol. The zero-order valence-electron chi connectivity index (χ0n) is 17.8. The van der Waals surface area contributed by atoms with Crippen LogP contribution in [0.5, 0.6) is 0 Å². The predicted octanol–water partition coefficient (Wildman–Crippen LogP) is 5.46. The molecule has 2 aromatic rings. The molecule has 0 spiro atoms. The lowest BCUT2D eigenvalue weighted by molar-refractivity contribution is 0.153. The second-order valence-corrected chi connectivity index (χ2v) is 8.67. The third-order valence-electron chi connectivity index (χ3n) is 6.17. The van der Waals surface area contributed by atoms with E-state index in [0.29, 0.717) is 22.0 Å². The summed E-state index contributed by atoms with van der Waals surface area (Å²) in [6.07, 6.45) is 0.968. The number of halogens is 2. The van der Waals surface area contributed by atoms with Crippen LogP contribution < -0.4 is 10.2 Å². The van der Waals surface area contributed by atoms with Gasteiger partial charge in [-0.2, -0.15) is 0 Å². The zero-order valence-corrected chi connectivity index (χ0v) is 19.3. The van der Waals surface area contributed by atoms with E-state index in [1.807, 2.05) is 12.1 Å². The third kappa shape index (κ3) is 5.67. The lowest BCUT2D eigenvalue weighted by Gasteiger charge is -2.39. The van der Waals surface area contributed by atoms with Crippen molar-refractivity contribution in [3.63, 3.8) is 0 Å². The minimum absolute atomic E-state index is 0.424. The number of hydrogen-bond acceptors (Lipinski definition) is 3. The van der Waals surface area contributed by atoms with Crippen LogP contribution in [0.25, 0.3) is 0 Å². The number of piperazine rings is 1. The van der Waals surface area contributed by atoms with E-state index in [2.05, 4.69) is 66.2 Å². The van der Waals surface area contributed by atoms with Gasteiger partial charge in [0.15, 0.2) is 0 Å². The molecule has 0 bridgehead atoms. The molecule has 0 saturated carbocycles. The van der Waals surface area contributed by atoms with Gasteiger partial charge in [-0.05, 0) is 61.6 Å². The zero-order chi connectivity index (χ0) is 20.8. The Morgan fingerprint density at radius 3 is 2.21 bits per heavy atom. The molecule has 3 nitrogen and oxygen atoms in total. The number of hydrogen-bond donors (Lipinski definition) is 1. The van der Waals surface area contributed by atoms with Crippen molar-refractivity contribution in [1.29, 1.82) is 0 Å². The second kappa shape index (κ2) is 10.7. The van der Waals surface area contributed by atoms with Crippen molar-refractivity contribution in [2.45, 2.75) is 39.2 Å². The Labute approximate surface area is 186 Å². The Kier molecular flexibility index (Phi) is 8.25. The van der Waals surface area contributed by atoms with Crippen LogP contribution >= 0.6 is 23.2 Å². The smallest absolute Gasteiger partial charge is 0.0595 e. The SMILES string of the molecule is CCN(CC)c1ccc(C(C)C(Cc2ccc(Cl)c(Cl)c2)N2CCNCC2)cc1. The molecule has 2 atom stereocenters. The fourth-order valence-corrected chi connectivity index (χ4v) is 4.66. The first-order valence-corrected chi connectivity index (χ1v) is 11.5. The summed E-state index contributed by atoms with van der Waals surface area (Å²) in [6, 6.07) is 15.6. The van der Waals surface area contributed by atoms with E-state index in [1.54, 1.807) is 0 Å². The molecule has 1 fully saturated rings. The van der Waals surface area contributed by atoms with Gasteiger partial charge in [0.2, 0.25) is 0 Å². The van der Waals surface area contributed by atoms with Gasteiger partial charge in [-0.1, -0.05) is 48.3 Å². The molecule has 1 aliphatic heterocycles. The topological polar surface area (TPSA) is 18.5 Å². The van der Waals surface area contributed by atoms with Crippen molar-refractivity contribution in [2.75, 3.05) is 44.2 Å². The third-order valence-corrected chi connectivity index (χ3v) is 6.91. The van der Waals surface area contributed by atoms with Crippen molar-refractivity contribution < 1.29 is 0 Å². The summed E-state index contributed by atoms with van der Waals surface area (Å²) in [7, 11) is 0. The Hall–Kier alpha value is -1.26. The van der Waals surface area contributed by atoms with Crippen molar-refractivity contribution >= 4 is 28.9 Å². The summed E-state index contributed by atoms with van der Waals surface area (Å²) in [5, 5.41) is 4.73. The van der Waals surface area contributed by atoms with Crippen LogP contribution in [0.15, 0.2) is 42.5 Å². The van der Waals surface area contributed by atoms with Gasteiger partial charge in [0.1, 0.15) is 0 Å². The molecule has 2 aromatic carbocycles. The van der Waals surface area contributed by atoms with Crippen LogP contribution in [-0.2, 0) is 6.42 Å². The van der Waals surface area contributed by atoms with Gasteiger partial charge in [-0.25, -0.2) is 0 Å². The van der Waals surface area contributed by atoms with E-state index in [9.17, 15) is 0 Å². The highest BCUT2D eigenvalue weighted by molar-refractivity contribution is 6.42. The minimum atomic E-state index is 0.424. The molecule has 1 heterocycles. The summed E-state index contributed by atoms with van der Waals surface area (Å²) < 4.78 is 0. The average Bonchev–Trinajstić information content (AvgIpc) is 2.76. The Morgan fingerprint density at radius 1 is 0.966 bits per heavy atom. The summed E-state index contributed by atoms with van der Waals surface area (Å²) in [5.41, 5.74) is 3.94. The van der Waals surface area contributed by atoms with Crippen molar-refractivity contribution in [1.82, 2.24) is 10.2 Å². The number of benzene rings is 2. The van der Waals surface area contributed by atoms with Crippen LogP contribution in [0.2, 0.25) is 10.0 Å². The summed E-state index contributed by atoms with van der Waals surface area (Å²) in [5.74, 6) is 0.424. The van der Waals surface area contributed by atoms with E-state index in [0.717, 1.165) is 45.7 Å². The quantitative estimate of drug-likeness (QED) is 0.595. The van der Waals surface area contributed by atoms with Crippen LogP contribution in [-0.4, -0.2) is 50.2 Å². The first-order valence-electron chi connectivity index (χ1n) is 10.8. The normalized spacial score (nSPS) is 17.1. The van der Waals surface area contributed by atoms with E-state index >= 15 is 0 Å². The number of rotatable bonds is 8. The van der Waals surface area contributed by atoms with Crippen LogP contribution in [0, 0.1) is 0 Å². The maximum atomic E-state index is 6.29. The van der Waals surface area contributed by atoms with Gasteiger partial charge in [-0.15, -0.1) is 0 Å². The van der Waals surface area contributed by atoms with Crippen molar-refractivity contribution in [2.24, 2.45) is 0 Å². The first kappa shape index (κ1) is 22.4. The van der Waals surface area contributed by atoms with Crippen molar-refractivity contribution in [3.8, 4) is 0 Å². The van der Waals surface area contributed by atoms with Gasteiger partial charge in [0.25, 0.3) is 0 Å². The van der Waals surface area contributed by atoms with E-state index in [4.69, 9.17) is 23.2 Å². The van der Waals surface area contributed by atoms with Gasteiger partial charge >= 0.3 is 0 Å². The molecule has 158 valence electrons. The largest absolute Gasteiger partial charge is 0.372 e. The maximum absolute atomic E-state index is 6.29. The summed E-state index contributed by atoms with van der Waals surface area (Å²) in [6.45, 7) is 13.1. The molecule has 2 unspecified atom stereocenters. The highest BCUT2D eigenvalue weighted by Gasteiger charge is 2.27. The lowest BCUT2D eigenvalue weighted by Crippen LogP contribution is -2.50. The Bertz CT molecular complexity index is 768. The van der Waals surface area contributed by atoms with E-state index in [1.165, 1.54) is 16.8 Å². The first-order chi connectivity index (χ1) is 14.0. The lowest BCUT2D eigenvalue weighted by atomic mass is 9.87. The van der Waals surface area contributed by atoms with Crippen LogP contribution in [0.1, 0.15) is 37.8 Å². The number of nitrogens with zero attached hydrogens (tertiary/aromatic N) is 2. The summed E-state index contributed by atoms with van der Waals surface area (Å²) >= 11 is 12.4. The molecule has 0 aromatic heterocycles. The molecule has 29 heavy (non-hydrogen) atoms. The molecule has 3 rings (SSSR count). The fourth-order valence-electron chi connectivity index (χ4n) is 4.34. The molecule has 5 heteroatoms. The highest BCUT2D eigenvalue weighted by atomic mass is 35.5. The van der Waals surface area contributed by atoms with Gasteiger partial charge in [0, 0.05) is 51.0 Å². The Morgan fingerprint density at radius 2 is 1.62 bits per heavy atom. The molecule has 1 N–H and O–H groups in total. The van der Waals surface area contributed by atoms with E-state index in [-0.39, 0.29) is 0 Å². The van der Waals surface area contributed by atoms with Crippen molar-refractivity contribution in [3.05, 3.63) is 63.6 Å². The van der Waals surface area contributed by atoms with Gasteiger partial charge in [-0.3, -0.25) is 4.90 Å². The molecule has 1 saturated heterocycles. The molecule has 1 aliphatic rings. The fraction of sp³-hybridized carbons (Fsp3) is 0.500. The standard InChI is InChI=1S/C24H33Cl2N3/c1-4-28(5-2)21-9-7-20(8-10-21)18(3)24(29-14-12-27-13-15-29)17-19-6-11-22(25)23(26)16-19/h6-11,16,18,24,27H,4-5,12-15,17H2,1-3H3. The molecule has 0 aliphatic carbocycles. The monoisotopic (exact) mass is 433 g/mol. The molecular formula is C24H33Cl2N3. The number of anilines is 1. The molecule has 0 radical (unpaired) electrons. The minimum Gasteiger partial charge on any atom is -0.372 e. The maximum Gasteiger partial charge on any atom is 0.0595 e.